The van der Waals surface area contributed by atoms with Gasteiger partial charge in [0.05, 0.1) is 0 Å². The van der Waals surface area contributed by atoms with Crippen LogP contribution < -0.4 is 5.32 Å². The zero-order chi connectivity index (χ0) is 16.7. The molecule has 1 fully saturated rings. The molecule has 0 saturated carbocycles. The van der Waals surface area contributed by atoms with Gasteiger partial charge in [0.25, 0.3) is 0 Å². The van der Waals surface area contributed by atoms with E-state index in [0.717, 1.165) is 0 Å². The maximum Gasteiger partial charge on any atom is 0.147 e. The summed E-state index contributed by atoms with van der Waals surface area (Å²) in [6.07, 6.45) is 0. The summed E-state index contributed by atoms with van der Waals surface area (Å²) in [6, 6.07) is 20.6. The van der Waals surface area contributed by atoms with Crippen LogP contribution in [0, 0.1) is 10.8 Å². The Kier molecular flexibility index (Phi) is 3.89. The molecular formula is C21H25NO. The lowest BCUT2D eigenvalue weighted by Crippen LogP contribution is -2.57. The molecule has 1 N–H and O–H groups in total. The highest BCUT2D eigenvalue weighted by atomic mass is 16.1. The predicted molar refractivity (Wildman–Crippen MR) is 94.1 cm³/mol. The SMILES string of the molecule is CC1(C)C(=O)C(C)(C)[C@H](c2ccccc2)N[C@@H]1c1ccccc1. The van der Waals surface area contributed by atoms with Gasteiger partial charge in [-0.25, -0.2) is 0 Å². The molecule has 2 atom stereocenters. The van der Waals surface area contributed by atoms with Crippen molar-refractivity contribution >= 4 is 5.78 Å². The van der Waals surface area contributed by atoms with Gasteiger partial charge in [-0.15, -0.1) is 0 Å². The smallest absolute Gasteiger partial charge is 0.147 e. The highest BCUT2D eigenvalue weighted by Crippen LogP contribution is 2.50. The third-order valence-electron chi connectivity index (χ3n) is 5.21. The number of Topliss-reactive ketones (excluding diaryl/α,β-unsaturated/α-hetero) is 1. The molecule has 0 unspecified atom stereocenters. The third-order valence-corrected chi connectivity index (χ3v) is 5.21. The summed E-state index contributed by atoms with van der Waals surface area (Å²) in [7, 11) is 0. The van der Waals surface area contributed by atoms with Crippen molar-refractivity contribution in [2.24, 2.45) is 10.8 Å². The largest absolute Gasteiger partial charge is 0.301 e. The van der Waals surface area contributed by atoms with Crippen molar-refractivity contribution in [1.29, 1.82) is 0 Å². The minimum Gasteiger partial charge on any atom is -0.301 e. The van der Waals surface area contributed by atoms with Crippen molar-refractivity contribution in [2.75, 3.05) is 0 Å². The average molecular weight is 307 g/mol. The van der Waals surface area contributed by atoms with Crippen molar-refractivity contribution in [1.82, 2.24) is 5.32 Å². The minimum atomic E-state index is -0.448. The van der Waals surface area contributed by atoms with Gasteiger partial charge < -0.3 is 5.32 Å². The van der Waals surface area contributed by atoms with Gasteiger partial charge in [0.15, 0.2) is 0 Å². The molecule has 0 spiro atoms. The third kappa shape index (κ3) is 2.61. The van der Waals surface area contributed by atoms with Crippen LogP contribution in [0.15, 0.2) is 60.7 Å². The van der Waals surface area contributed by atoms with E-state index in [1.54, 1.807) is 0 Å². The Morgan fingerprint density at radius 2 is 1.04 bits per heavy atom. The van der Waals surface area contributed by atoms with Crippen molar-refractivity contribution in [3.8, 4) is 0 Å². The second kappa shape index (κ2) is 5.61. The van der Waals surface area contributed by atoms with E-state index in [2.05, 4.69) is 57.3 Å². The van der Waals surface area contributed by atoms with E-state index in [1.165, 1.54) is 11.1 Å². The Morgan fingerprint density at radius 1 is 0.696 bits per heavy atom. The molecule has 120 valence electrons. The second-order valence-electron chi connectivity index (χ2n) is 7.63. The van der Waals surface area contributed by atoms with Gasteiger partial charge in [0, 0.05) is 22.9 Å². The van der Waals surface area contributed by atoms with Crippen LogP contribution in [0.5, 0.6) is 0 Å². The summed E-state index contributed by atoms with van der Waals surface area (Å²) in [5.74, 6) is 0.312. The van der Waals surface area contributed by atoms with Gasteiger partial charge in [-0.05, 0) is 11.1 Å². The fraction of sp³-hybridized carbons (Fsp3) is 0.381. The minimum absolute atomic E-state index is 0.00873. The Balaban J connectivity index is 2.07. The summed E-state index contributed by atoms with van der Waals surface area (Å²) < 4.78 is 0. The number of carbonyl (C=O) groups is 1. The first-order chi connectivity index (χ1) is 10.8. The summed E-state index contributed by atoms with van der Waals surface area (Å²) in [4.78, 5) is 13.3. The number of ketones is 1. The molecular weight excluding hydrogens is 282 g/mol. The first kappa shape index (κ1) is 15.9. The van der Waals surface area contributed by atoms with Gasteiger partial charge in [-0.3, -0.25) is 4.79 Å². The van der Waals surface area contributed by atoms with E-state index in [1.807, 2.05) is 36.4 Å². The molecule has 2 aromatic carbocycles. The second-order valence-corrected chi connectivity index (χ2v) is 7.63. The summed E-state index contributed by atoms with van der Waals surface area (Å²) in [5, 5.41) is 3.78. The van der Waals surface area contributed by atoms with Crippen LogP contribution >= 0.6 is 0 Å². The van der Waals surface area contributed by atoms with E-state index in [4.69, 9.17) is 0 Å². The van der Waals surface area contributed by atoms with E-state index in [-0.39, 0.29) is 12.1 Å². The molecule has 2 aromatic rings. The molecule has 0 aliphatic carbocycles. The van der Waals surface area contributed by atoms with E-state index in [9.17, 15) is 4.79 Å². The maximum atomic E-state index is 13.3. The fourth-order valence-corrected chi connectivity index (χ4v) is 3.99. The first-order valence-corrected chi connectivity index (χ1v) is 8.26. The van der Waals surface area contributed by atoms with Crippen LogP contribution in [-0.4, -0.2) is 5.78 Å². The van der Waals surface area contributed by atoms with Crippen LogP contribution in [0.3, 0.4) is 0 Å². The molecule has 0 aromatic heterocycles. The van der Waals surface area contributed by atoms with Crippen LogP contribution in [0.2, 0.25) is 0 Å². The van der Waals surface area contributed by atoms with Gasteiger partial charge in [-0.1, -0.05) is 88.4 Å². The van der Waals surface area contributed by atoms with Gasteiger partial charge in [-0.2, -0.15) is 0 Å². The predicted octanol–water partition coefficient (Wildman–Crippen LogP) is 4.69. The molecule has 1 aliphatic rings. The molecule has 0 bridgehead atoms. The Hall–Kier alpha value is -1.93. The number of hydrogen-bond acceptors (Lipinski definition) is 2. The van der Waals surface area contributed by atoms with Crippen molar-refractivity contribution in [3.63, 3.8) is 0 Å². The van der Waals surface area contributed by atoms with Gasteiger partial charge in [0.1, 0.15) is 5.78 Å². The van der Waals surface area contributed by atoms with Crippen molar-refractivity contribution in [3.05, 3.63) is 71.8 Å². The molecule has 2 heteroatoms. The molecule has 1 aliphatic heterocycles. The monoisotopic (exact) mass is 307 g/mol. The highest BCUT2D eigenvalue weighted by molar-refractivity contribution is 5.91. The maximum absolute atomic E-state index is 13.3. The molecule has 1 saturated heterocycles. The summed E-state index contributed by atoms with van der Waals surface area (Å²) in [5.41, 5.74) is 1.44. The lowest BCUT2D eigenvalue weighted by atomic mass is 9.60. The van der Waals surface area contributed by atoms with Crippen LogP contribution in [-0.2, 0) is 4.79 Å². The van der Waals surface area contributed by atoms with Gasteiger partial charge in [0.2, 0.25) is 0 Å². The highest BCUT2D eigenvalue weighted by Gasteiger charge is 2.53. The van der Waals surface area contributed by atoms with Crippen LogP contribution in [0.4, 0.5) is 0 Å². The fourth-order valence-electron chi connectivity index (χ4n) is 3.99. The number of nitrogens with one attached hydrogen (secondary N) is 1. The van der Waals surface area contributed by atoms with E-state index >= 15 is 0 Å². The quantitative estimate of drug-likeness (QED) is 0.871. The molecule has 0 amide bonds. The number of benzene rings is 2. The number of piperidine rings is 1. The lowest BCUT2D eigenvalue weighted by Gasteiger charge is -2.50. The van der Waals surface area contributed by atoms with Crippen LogP contribution in [0.1, 0.15) is 50.9 Å². The summed E-state index contributed by atoms with van der Waals surface area (Å²) in [6.45, 7) is 8.23. The zero-order valence-electron chi connectivity index (χ0n) is 14.3. The molecule has 0 radical (unpaired) electrons. The molecule has 23 heavy (non-hydrogen) atoms. The summed E-state index contributed by atoms with van der Waals surface area (Å²) >= 11 is 0. The number of carbonyl (C=O) groups excluding carboxylic acids is 1. The Morgan fingerprint density at radius 3 is 1.39 bits per heavy atom. The van der Waals surface area contributed by atoms with Crippen LogP contribution in [0.25, 0.3) is 0 Å². The zero-order valence-corrected chi connectivity index (χ0v) is 14.3. The molecule has 1 heterocycles. The molecule has 2 nitrogen and oxygen atoms in total. The Bertz CT molecular complexity index is 629. The normalized spacial score (nSPS) is 26.0. The standard InChI is InChI=1S/C21H25NO/c1-20(2)17(15-11-7-5-8-12-15)22-18(21(3,4)19(20)23)16-13-9-6-10-14-16/h5-14,17-18,22H,1-4H3/t17-,18+. The van der Waals surface area contributed by atoms with E-state index < -0.39 is 10.8 Å². The van der Waals surface area contributed by atoms with Crippen molar-refractivity contribution in [2.45, 2.75) is 39.8 Å². The van der Waals surface area contributed by atoms with E-state index in [0.29, 0.717) is 5.78 Å². The average Bonchev–Trinajstić information content (AvgIpc) is 2.55. The molecule has 3 rings (SSSR count). The number of rotatable bonds is 2. The van der Waals surface area contributed by atoms with Gasteiger partial charge >= 0.3 is 0 Å². The number of hydrogen-bond donors (Lipinski definition) is 1. The Labute approximate surface area is 138 Å². The van der Waals surface area contributed by atoms with Crippen molar-refractivity contribution < 1.29 is 4.79 Å². The first-order valence-electron chi connectivity index (χ1n) is 8.26. The topological polar surface area (TPSA) is 29.1 Å². The lowest BCUT2D eigenvalue weighted by molar-refractivity contribution is -0.144.